The van der Waals surface area contributed by atoms with Crippen LogP contribution in [0.4, 0.5) is 0 Å². The quantitative estimate of drug-likeness (QED) is 0.514. The number of allylic oxidation sites excluding steroid dienone is 2. The molecule has 0 aromatic carbocycles. The summed E-state index contributed by atoms with van der Waals surface area (Å²) in [5.74, 6) is 0. The largest absolute Gasteiger partial charge is 0.323 e. The summed E-state index contributed by atoms with van der Waals surface area (Å²) in [6.45, 7) is 4.16. The van der Waals surface area contributed by atoms with Crippen molar-refractivity contribution >= 4 is 0 Å². The van der Waals surface area contributed by atoms with E-state index in [4.69, 9.17) is 0 Å². The lowest BCUT2D eigenvalue weighted by atomic mass is 10.4. The second kappa shape index (κ2) is 15.9. The maximum absolute atomic E-state index is 2.75. The summed E-state index contributed by atoms with van der Waals surface area (Å²) in [6, 6.07) is 0. The zero-order valence-corrected chi connectivity index (χ0v) is 6.36. The van der Waals surface area contributed by atoms with Crippen LogP contribution in [-0.4, -0.2) is 14.1 Å². The molecule has 0 rings (SSSR count). The van der Waals surface area contributed by atoms with E-state index in [1.807, 2.05) is 21.0 Å². The first-order valence-corrected chi connectivity index (χ1v) is 3.03. The molecule has 0 aromatic rings. The van der Waals surface area contributed by atoms with Gasteiger partial charge < -0.3 is 5.32 Å². The molecule has 1 nitrogen and oxygen atoms in total. The fourth-order valence-electron chi connectivity index (χ4n) is 0.236. The van der Waals surface area contributed by atoms with E-state index in [-0.39, 0.29) is 0 Å². The van der Waals surface area contributed by atoms with Crippen LogP contribution >= 0.6 is 0 Å². The first kappa shape index (κ1) is 10.6. The van der Waals surface area contributed by atoms with E-state index in [2.05, 4.69) is 24.4 Å². The zero-order chi connectivity index (χ0) is 6.83. The monoisotopic (exact) mass is 115 g/mol. The Morgan fingerprint density at radius 2 is 1.75 bits per heavy atom. The van der Waals surface area contributed by atoms with Gasteiger partial charge in [0.05, 0.1) is 0 Å². The summed E-state index contributed by atoms with van der Waals surface area (Å²) < 4.78 is 0. The second-order valence-corrected chi connectivity index (χ2v) is 1.48. The molecule has 0 amide bonds. The van der Waals surface area contributed by atoms with Crippen LogP contribution in [0.2, 0.25) is 0 Å². The van der Waals surface area contributed by atoms with Crippen molar-refractivity contribution < 1.29 is 0 Å². The standard InChI is InChI=1S/C5H10.C2H7N/c1-3-5-4-2;1-3-2/h3,5H,4H2,1-2H3;3H,1-2H3. The van der Waals surface area contributed by atoms with Crippen molar-refractivity contribution in [3.8, 4) is 0 Å². The molecule has 0 unspecified atom stereocenters. The molecule has 1 N–H and O–H groups in total. The number of hydrogen-bond acceptors (Lipinski definition) is 1. The van der Waals surface area contributed by atoms with Gasteiger partial charge in [0, 0.05) is 0 Å². The number of rotatable bonds is 1. The Morgan fingerprint density at radius 1 is 1.38 bits per heavy atom. The van der Waals surface area contributed by atoms with Crippen LogP contribution in [0.15, 0.2) is 12.2 Å². The van der Waals surface area contributed by atoms with Crippen molar-refractivity contribution in [2.75, 3.05) is 14.1 Å². The molecule has 0 saturated carbocycles. The van der Waals surface area contributed by atoms with E-state index in [0.717, 1.165) is 6.42 Å². The van der Waals surface area contributed by atoms with Crippen molar-refractivity contribution in [1.82, 2.24) is 5.32 Å². The van der Waals surface area contributed by atoms with Gasteiger partial charge in [-0.2, -0.15) is 0 Å². The van der Waals surface area contributed by atoms with E-state index >= 15 is 0 Å². The third kappa shape index (κ3) is 43.6. The van der Waals surface area contributed by atoms with Gasteiger partial charge in [-0.1, -0.05) is 19.1 Å². The van der Waals surface area contributed by atoms with Gasteiger partial charge >= 0.3 is 0 Å². The minimum Gasteiger partial charge on any atom is -0.323 e. The lowest BCUT2D eigenvalue weighted by Crippen LogP contribution is -1.89. The Bertz CT molecular complexity index is 39.7. The molecule has 0 fully saturated rings. The van der Waals surface area contributed by atoms with Gasteiger partial charge in [-0.05, 0) is 27.4 Å². The molecule has 0 saturated heterocycles. The van der Waals surface area contributed by atoms with Crippen LogP contribution in [0.1, 0.15) is 20.3 Å². The molecule has 0 atom stereocenters. The summed E-state index contributed by atoms with van der Waals surface area (Å²) in [5.41, 5.74) is 0. The minimum atomic E-state index is 1.16. The highest BCUT2D eigenvalue weighted by Crippen LogP contribution is 1.73. The topological polar surface area (TPSA) is 12.0 Å². The van der Waals surface area contributed by atoms with Crippen LogP contribution in [0, 0.1) is 0 Å². The van der Waals surface area contributed by atoms with Gasteiger partial charge in [0.1, 0.15) is 0 Å². The Balaban J connectivity index is 0. The van der Waals surface area contributed by atoms with Crippen molar-refractivity contribution in [1.29, 1.82) is 0 Å². The number of nitrogens with one attached hydrogen (secondary N) is 1. The predicted molar refractivity (Wildman–Crippen MR) is 40.1 cm³/mol. The summed E-state index contributed by atoms with van der Waals surface area (Å²) >= 11 is 0. The molecule has 0 aliphatic rings. The summed E-state index contributed by atoms with van der Waals surface area (Å²) in [4.78, 5) is 0. The normalized spacial score (nSPS) is 8.50. The molecule has 0 radical (unpaired) electrons. The smallest absolute Gasteiger partial charge is 0.0167 e. The van der Waals surface area contributed by atoms with Gasteiger partial charge in [-0.3, -0.25) is 0 Å². The molecule has 50 valence electrons. The fourth-order valence-corrected chi connectivity index (χ4v) is 0.236. The molecule has 0 aliphatic heterocycles. The van der Waals surface area contributed by atoms with Crippen molar-refractivity contribution in [2.24, 2.45) is 0 Å². The molecule has 0 aromatic heterocycles. The van der Waals surface area contributed by atoms with E-state index in [0.29, 0.717) is 0 Å². The van der Waals surface area contributed by atoms with E-state index in [1.54, 1.807) is 0 Å². The SMILES string of the molecule is CC=CCC.CNC. The molecule has 1 heteroatoms. The van der Waals surface area contributed by atoms with Gasteiger partial charge in [0.15, 0.2) is 0 Å². The Kier molecular flexibility index (Phi) is 21.1. The van der Waals surface area contributed by atoms with Gasteiger partial charge in [-0.15, -0.1) is 0 Å². The van der Waals surface area contributed by atoms with E-state index in [1.165, 1.54) is 0 Å². The Labute approximate surface area is 52.8 Å². The molecule has 8 heavy (non-hydrogen) atoms. The van der Waals surface area contributed by atoms with Crippen LogP contribution in [0.25, 0.3) is 0 Å². The molecule has 0 aliphatic carbocycles. The first-order chi connectivity index (χ1) is 3.83. The Morgan fingerprint density at radius 3 is 1.75 bits per heavy atom. The fraction of sp³-hybridized carbons (Fsp3) is 0.714. The van der Waals surface area contributed by atoms with Gasteiger partial charge in [0.25, 0.3) is 0 Å². The molecule has 0 spiro atoms. The molecule has 0 bridgehead atoms. The average Bonchev–Trinajstić information content (AvgIpc) is 1.71. The lowest BCUT2D eigenvalue weighted by molar-refractivity contribution is 1.02. The first-order valence-electron chi connectivity index (χ1n) is 3.03. The van der Waals surface area contributed by atoms with Crippen molar-refractivity contribution in [2.45, 2.75) is 20.3 Å². The zero-order valence-electron chi connectivity index (χ0n) is 6.36. The minimum absolute atomic E-state index is 1.16. The van der Waals surface area contributed by atoms with E-state index < -0.39 is 0 Å². The van der Waals surface area contributed by atoms with Crippen molar-refractivity contribution in [3.05, 3.63) is 12.2 Å². The van der Waals surface area contributed by atoms with Gasteiger partial charge in [0.2, 0.25) is 0 Å². The van der Waals surface area contributed by atoms with Crippen LogP contribution < -0.4 is 5.32 Å². The van der Waals surface area contributed by atoms with E-state index in [9.17, 15) is 0 Å². The van der Waals surface area contributed by atoms with Crippen LogP contribution in [0.5, 0.6) is 0 Å². The predicted octanol–water partition coefficient (Wildman–Crippen LogP) is 1.81. The van der Waals surface area contributed by atoms with Crippen LogP contribution in [-0.2, 0) is 0 Å². The summed E-state index contributed by atoms with van der Waals surface area (Å²) in [5, 5.41) is 2.75. The van der Waals surface area contributed by atoms with Crippen LogP contribution in [0.3, 0.4) is 0 Å². The third-order valence-electron chi connectivity index (χ3n) is 0.471. The average molecular weight is 115 g/mol. The highest BCUT2D eigenvalue weighted by Gasteiger charge is 1.52. The maximum atomic E-state index is 2.75. The highest BCUT2D eigenvalue weighted by atomic mass is 14.7. The summed E-state index contributed by atoms with van der Waals surface area (Å²) in [6.07, 6.45) is 5.34. The third-order valence-corrected chi connectivity index (χ3v) is 0.471. The van der Waals surface area contributed by atoms with Crippen molar-refractivity contribution in [3.63, 3.8) is 0 Å². The lowest BCUT2D eigenvalue weighted by Gasteiger charge is -1.65. The molecule has 0 heterocycles. The second-order valence-electron chi connectivity index (χ2n) is 1.48. The molecular formula is C7H17N. The highest BCUT2D eigenvalue weighted by molar-refractivity contribution is 4.73. The maximum Gasteiger partial charge on any atom is -0.0167 e. The molecular weight excluding hydrogens is 98.1 g/mol. The Hall–Kier alpha value is -0.300. The summed E-state index contributed by atoms with van der Waals surface area (Å²) in [7, 11) is 3.75. The number of hydrogen-bond donors (Lipinski definition) is 1. The van der Waals surface area contributed by atoms with Gasteiger partial charge in [-0.25, -0.2) is 0 Å².